The molecule has 1 aromatic rings. The molecule has 0 saturated carbocycles. The van der Waals surface area contributed by atoms with Crippen LogP contribution in [-0.2, 0) is 11.3 Å². The first-order chi connectivity index (χ1) is 8.88. The van der Waals surface area contributed by atoms with Gasteiger partial charge in [0.15, 0.2) is 0 Å². The topological polar surface area (TPSA) is 33.7 Å². The second-order valence-electron chi connectivity index (χ2n) is 4.51. The molecule has 0 aliphatic carbocycles. The standard InChI is InChI=1S/C14H22N2O2/c1-17-10-11-18-14-4-2-13(3-5-14)12-16-8-6-15-7-9-16/h2-5,15H,6-12H2,1H3. The van der Waals surface area contributed by atoms with Crippen LogP contribution in [-0.4, -0.2) is 51.4 Å². The maximum atomic E-state index is 5.54. The first-order valence-corrected chi connectivity index (χ1v) is 6.52. The lowest BCUT2D eigenvalue weighted by Gasteiger charge is -2.27. The molecule has 1 N–H and O–H groups in total. The van der Waals surface area contributed by atoms with E-state index in [4.69, 9.17) is 9.47 Å². The van der Waals surface area contributed by atoms with E-state index in [-0.39, 0.29) is 0 Å². The number of nitrogens with zero attached hydrogens (tertiary/aromatic N) is 1. The molecule has 100 valence electrons. The number of hydrogen-bond acceptors (Lipinski definition) is 4. The van der Waals surface area contributed by atoms with E-state index in [2.05, 4.69) is 22.3 Å². The zero-order valence-electron chi connectivity index (χ0n) is 11.0. The minimum absolute atomic E-state index is 0.605. The summed E-state index contributed by atoms with van der Waals surface area (Å²) in [5, 5.41) is 3.36. The number of nitrogens with one attached hydrogen (secondary N) is 1. The first kappa shape index (κ1) is 13.3. The Bertz CT molecular complexity index is 334. The maximum absolute atomic E-state index is 5.54. The molecule has 0 radical (unpaired) electrons. The highest BCUT2D eigenvalue weighted by molar-refractivity contribution is 5.27. The van der Waals surface area contributed by atoms with Crippen molar-refractivity contribution in [3.63, 3.8) is 0 Å². The average Bonchev–Trinajstić information content (AvgIpc) is 2.42. The van der Waals surface area contributed by atoms with E-state index in [1.165, 1.54) is 5.56 Å². The number of methoxy groups -OCH3 is 1. The molecule has 1 aliphatic rings. The molecule has 0 amide bonds. The molecular formula is C14H22N2O2. The number of ether oxygens (including phenoxy) is 2. The van der Waals surface area contributed by atoms with Gasteiger partial charge in [-0.25, -0.2) is 0 Å². The van der Waals surface area contributed by atoms with Crippen molar-refractivity contribution in [1.82, 2.24) is 10.2 Å². The lowest BCUT2D eigenvalue weighted by atomic mass is 10.2. The zero-order chi connectivity index (χ0) is 12.6. The molecule has 0 atom stereocenters. The molecule has 0 bridgehead atoms. The van der Waals surface area contributed by atoms with Gasteiger partial charge >= 0.3 is 0 Å². The van der Waals surface area contributed by atoms with Gasteiger partial charge in [-0.3, -0.25) is 4.90 Å². The van der Waals surface area contributed by atoms with Crippen LogP contribution in [0.1, 0.15) is 5.56 Å². The molecule has 2 rings (SSSR count). The highest BCUT2D eigenvalue weighted by Crippen LogP contribution is 2.13. The molecule has 1 aliphatic heterocycles. The highest BCUT2D eigenvalue weighted by atomic mass is 16.5. The van der Waals surface area contributed by atoms with Crippen molar-refractivity contribution in [3.05, 3.63) is 29.8 Å². The van der Waals surface area contributed by atoms with E-state index < -0.39 is 0 Å². The van der Waals surface area contributed by atoms with Crippen LogP contribution in [0.25, 0.3) is 0 Å². The summed E-state index contributed by atoms with van der Waals surface area (Å²) < 4.78 is 10.5. The smallest absolute Gasteiger partial charge is 0.119 e. The summed E-state index contributed by atoms with van der Waals surface area (Å²) in [6.45, 7) is 6.71. The van der Waals surface area contributed by atoms with E-state index in [0.717, 1.165) is 38.5 Å². The van der Waals surface area contributed by atoms with Gasteiger partial charge in [0, 0.05) is 39.8 Å². The third-order valence-electron chi connectivity index (χ3n) is 3.10. The van der Waals surface area contributed by atoms with Crippen LogP contribution >= 0.6 is 0 Å². The monoisotopic (exact) mass is 250 g/mol. The van der Waals surface area contributed by atoms with Gasteiger partial charge in [-0.05, 0) is 17.7 Å². The van der Waals surface area contributed by atoms with E-state index in [1.807, 2.05) is 12.1 Å². The normalized spacial score (nSPS) is 16.7. The predicted molar refractivity (Wildman–Crippen MR) is 72.0 cm³/mol. The number of benzene rings is 1. The van der Waals surface area contributed by atoms with Gasteiger partial charge in [0.05, 0.1) is 6.61 Å². The lowest BCUT2D eigenvalue weighted by Crippen LogP contribution is -2.42. The Morgan fingerprint density at radius 3 is 2.50 bits per heavy atom. The Balaban J connectivity index is 1.79. The predicted octanol–water partition coefficient (Wildman–Crippen LogP) is 1.12. The summed E-state index contributed by atoms with van der Waals surface area (Å²) in [5.74, 6) is 0.913. The molecule has 1 fully saturated rings. The molecule has 1 heterocycles. The van der Waals surface area contributed by atoms with Gasteiger partial charge in [0.25, 0.3) is 0 Å². The first-order valence-electron chi connectivity index (χ1n) is 6.52. The van der Waals surface area contributed by atoms with Crippen molar-refractivity contribution in [2.45, 2.75) is 6.54 Å². The summed E-state index contributed by atoms with van der Waals surface area (Å²) in [7, 11) is 1.68. The summed E-state index contributed by atoms with van der Waals surface area (Å²) in [6, 6.07) is 8.36. The van der Waals surface area contributed by atoms with Crippen molar-refractivity contribution in [1.29, 1.82) is 0 Å². The molecule has 4 nitrogen and oxygen atoms in total. The van der Waals surface area contributed by atoms with Gasteiger partial charge in [-0.2, -0.15) is 0 Å². The minimum atomic E-state index is 0.605. The fourth-order valence-electron chi connectivity index (χ4n) is 2.06. The molecule has 4 heteroatoms. The maximum Gasteiger partial charge on any atom is 0.119 e. The molecular weight excluding hydrogens is 228 g/mol. The minimum Gasteiger partial charge on any atom is -0.491 e. The molecule has 0 unspecified atom stereocenters. The Hall–Kier alpha value is -1.10. The van der Waals surface area contributed by atoms with Crippen molar-refractivity contribution in [2.75, 3.05) is 46.5 Å². The Morgan fingerprint density at radius 2 is 1.83 bits per heavy atom. The van der Waals surface area contributed by atoms with Crippen LogP contribution in [0.2, 0.25) is 0 Å². The highest BCUT2D eigenvalue weighted by Gasteiger charge is 2.09. The van der Waals surface area contributed by atoms with E-state index in [9.17, 15) is 0 Å². The Labute approximate surface area is 109 Å². The number of piperazine rings is 1. The quantitative estimate of drug-likeness (QED) is 0.767. The zero-order valence-corrected chi connectivity index (χ0v) is 11.0. The van der Waals surface area contributed by atoms with Crippen molar-refractivity contribution in [3.8, 4) is 5.75 Å². The van der Waals surface area contributed by atoms with Crippen LogP contribution in [0.15, 0.2) is 24.3 Å². The molecule has 1 aromatic carbocycles. The molecule has 18 heavy (non-hydrogen) atoms. The lowest BCUT2D eigenvalue weighted by molar-refractivity contribution is 0.146. The van der Waals surface area contributed by atoms with Crippen molar-refractivity contribution in [2.24, 2.45) is 0 Å². The van der Waals surface area contributed by atoms with E-state index in [0.29, 0.717) is 13.2 Å². The molecule has 0 spiro atoms. The van der Waals surface area contributed by atoms with Crippen LogP contribution < -0.4 is 10.1 Å². The van der Waals surface area contributed by atoms with Crippen LogP contribution in [0.4, 0.5) is 0 Å². The fraction of sp³-hybridized carbons (Fsp3) is 0.571. The number of hydrogen-bond donors (Lipinski definition) is 1. The van der Waals surface area contributed by atoms with Gasteiger partial charge < -0.3 is 14.8 Å². The summed E-state index contributed by atoms with van der Waals surface area (Å²) in [5.41, 5.74) is 1.34. The Kier molecular flexibility index (Phi) is 5.45. The third-order valence-corrected chi connectivity index (χ3v) is 3.10. The van der Waals surface area contributed by atoms with Crippen LogP contribution in [0, 0.1) is 0 Å². The van der Waals surface area contributed by atoms with Crippen molar-refractivity contribution >= 4 is 0 Å². The average molecular weight is 250 g/mol. The fourth-order valence-corrected chi connectivity index (χ4v) is 2.06. The second kappa shape index (κ2) is 7.36. The Morgan fingerprint density at radius 1 is 1.11 bits per heavy atom. The van der Waals surface area contributed by atoms with E-state index in [1.54, 1.807) is 7.11 Å². The van der Waals surface area contributed by atoms with Crippen LogP contribution in [0.3, 0.4) is 0 Å². The van der Waals surface area contributed by atoms with Crippen molar-refractivity contribution < 1.29 is 9.47 Å². The third kappa shape index (κ3) is 4.29. The van der Waals surface area contributed by atoms with Gasteiger partial charge in [0.2, 0.25) is 0 Å². The van der Waals surface area contributed by atoms with Gasteiger partial charge in [0.1, 0.15) is 12.4 Å². The largest absolute Gasteiger partial charge is 0.491 e. The van der Waals surface area contributed by atoms with E-state index >= 15 is 0 Å². The van der Waals surface area contributed by atoms with Crippen LogP contribution in [0.5, 0.6) is 5.75 Å². The second-order valence-corrected chi connectivity index (χ2v) is 4.51. The van der Waals surface area contributed by atoms with Gasteiger partial charge in [-0.1, -0.05) is 12.1 Å². The SMILES string of the molecule is COCCOc1ccc(CN2CCNCC2)cc1. The summed E-state index contributed by atoms with van der Waals surface area (Å²) >= 11 is 0. The molecule has 1 saturated heterocycles. The summed E-state index contributed by atoms with van der Waals surface area (Å²) in [6.07, 6.45) is 0. The molecule has 0 aromatic heterocycles. The number of rotatable bonds is 6. The summed E-state index contributed by atoms with van der Waals surface area (Å²) in [4.78, 5) is 2.47. The van der Waals surface area contributed by atoms with Gasteiger partial charge in [-0.15, -0.1) is 0 Å².